The number of carbonyl (C=O) groups is 2. The molecule has 3 aromatic carbocycles. The number of methoxy groups -OCH3 is 1. The van der Waals surface area contributed by atoms with Gasteiger partial charge in [-0.25, -0.2) is 4.79 Å². The molecule has 1 aliphatic heterocycles. The van der Waals surface area contributed by atoms with Crippen LogP contribution >= 0.6 is 0 Å². The largest absolute Gasteiger partial charge is 0.467 e. The Labute approximate surface area is 214 Å². The molecule has 36 heavy (non-hydrogen) atoms. The fourth-order valence-electron chi connectivity index (χ4n) is 5.39. The molecular formula is C31H36N2O3. The lowest BCUT2D eigenvalue weighted by molar-refractivity contribution is -0.151. The minimum absolute atomic E-state index is 0.0592. The van der Waals surface area contributed by atoms with E-state index < -0.39 is 12.0 Å². The highest BCUT2D eigenvalue weighted by Gasteiger charge is 2.44. The number of hydrogen-bond donors (Lipinski definition) is 0. The average Bonchev–Trinajstić information content (AvgIpc) is 3.36. The molecule has 1 saturated heterocycles. The highest BCUT2D eigenvalue weighted by Crippen LogP contribution is 2.32. The molecule has 0 saturated carbocycles. The Morgan fingerprint density at radius 1 is 0.917 bits per heavy atom. The number of carbonyl (C=O) groups excluding carboxylic acids is 2. The van der Waals surface area contributed by atoms with E-state index in [1.54, 1.807) is 4.90 Å². The van der Waals surface area contributed by atoms with Gasteiger partial charge in [0.25, 0.3) is 0 Å². The molecular weight excluding hydrogens is 448 g/mol. The van der Waals surface area contributed by atoms with Gasteiger partial charge >= 0.3 is 5.97 Å². The molecule has 0 spiro atoms. The topological polar surface area (TPSA) is 49.9 Å². The third kappa shape index (κ3) is 6.03. The Hall–Kier alpha value is -3.44. The van der Waals surface area contributed by atoms with Crippen molar-refractivity contribution in [3.05, 3.63) is 108 Å². The Balaban J connectivity index is 1.54. The van der Waals surface area contributed by atoms with Gasteiger partial charge in [-0.3, -0.25) is 4.79 Å². The first-order valence-electron chi connectivity index (χ1n) is 12.7. The van der Waals surface area contributed by atoms with Gasteiger partial charge in [0.1, 0.15) is 6.04 Å². The highest BCUT2D eigenvalue weighted by atomic mass is 16.5. The van der Waals surface area contributed by atoms with Crippen LogP contribution < -0.4 is 0 Å². The smallest absolute Gasteiger partial charge is 0.328 e. The van der Waals surface area contributed by atoms with Gasteiger partial charge in [0.15, 0.2) is 0 Å². The number of esters is 1. The molecule has 4 rings (SSSR count). The van der Waals surface area contributed by atoms with Gasteiger partial charge in [-0.1, -0.05) is 97.9 Å². The number of likely N-dealkylation sites (tertiary alicyclic amines) is 1. The number of rotatable bonds is 9. The van der Waals surface area contributed by atoms with Crippen LogP contribution in [0.4, 0.5) is 0 Å². The summed E-state index contributed by atoms with van der Waals surface area (Å²) in [5.41, 5.74) is 3.17. The van der Waals surface area contributed by atoms with Crippen molar-refractivity contribution in [2.45, 2.75) is 37.8 Å². The van der Waals surface area contributed by atoms with Crippen molar-refractivity contribution in [2.75, 3.05) is 27.2 Å². The van der Waals surface area contributed by atoms with Crippen molar-refractivity contribution in [1.82, 2.24) is 9.80 Å². The fraction of sp³-hybridized carbons (Fsp3) is 0.355. The lowest BCUT2D eigenvalue weighted by Crippen LogP contribution is -2.44. The highest BCUT2D eigenvalue weighted by molar-refractivity contribution is 5.91. The molecule has 0 bridgehead atoms. The Morgan fingerprint density at radius 3 is 1.97 bits per heavy atom. The molecule has 0 aromatic heterocycles. The van der Waals surface area contributed by atoms with E-state index >= 15 is 0 Å². The summed E-state index contributed by atoms with van der Waals surface area (Å²) in [4.78, 5) is 31.0. The number of ether oxygens (including phenoxy) is 1. The van der Waals surface area contributed by atoms with Gasteiger partial charge < -0.3 is 14.5 Å². The normalized spacial score (nSPS) is 18.4. The number of nitrogens with zero attached hydrogens (tertiary/aromatic N) is 2. The molecule has 3 aromatic rings. The number of amides is 1. The van der Waals surface area contributed by atoms with Crippen LogP contribution in [0.15, 0.2) is 91.0 Å². The first-order valence-corrected chi connectivity index (χ1v) is 12.7. The van der Waals surface area contributed by atoms with Crippen molar-refractivity contribution in [2.24, 2.45) is 5.92 Å². The van der Waals surface area contributed by atoms with Crippen LogP contribution in [0, 0.1) is 5.92 Å². The Morgan fingerprint density at radius 2 is 1.44 bits per heavy atom. The maximum Gasteiger partial charge on any atom is 0.328 e. The summed E-state index contributed by atoms with van der Waals surface area (Å²) in [7, 11) is 3.50. The van der Waals surface area contributed by atoms with Crippen LogP contribution in [0.5, 0.6) is 0 Å². The number of benzene rings is 3. The van der Waals surface area contributed by atoms with E-state index in [0.29, 0.717) is 18.9 Å². The number of likely N-dealkylation sites (N-methyl/N-ethyl adjacent to an activating group) is 1. The van der Waals surface area contributed by atoms with Crippen LogP contribution in [0.1, 0.15) is 36.0 Å². The second kappa shape index (κ2) is 12.0. The van der Waals surface area contributed by atoms with Crippen LogP contribution in [0.3, 0.4) is 0 Å². The summed E-state index contributed by atoms with van der Waals surface area (Å²) in [5.74, 6) is -0.437. The predicted octanol–water partition coefficient (Wildman–Crippen LogP) is 4.77. The van der Waals surface area contributed by atoms with Crippen molar-refractivity contribution in [3.8, 4) is 0 Å². The molecule has 3 atom stereocenters. The second-order valence-corrected chi connectivity index (χ2v) is 9.91. The lowest BCUT2D eigenvalue weighted by Gasteiger charge is -2.29. The number of hydrogen-bond acceptors (Lipinski definition) is 4. The van der Waals surface area contributed by atoms with E-state index in [1.807, 2.05) is 66.7 Å². The quantitative estimate of drug-likeness (QED) is 0.411. The molecule has 1 amide bonds. The first-order chi connectivity index (χ1) is 17.5. The zero-order chi connectivity index (χ0) is 25.5. The molecule has 5 nitrogen and oxygen atoms in total. The monoisotopic (exact) mass is 484 g/mol. The van der Waals surface area contributed by atoms with Crippen LogP contribution in [-0.4, -0.2) is 61.0 Å². The summed E-state index contributed by atoms with van der Waals surface area (Å²) < 4.78 is 5.14. The van der Waals surface area contributed by atoms with E-state index in [1.165, 1.54) is 12.7 Å². The maximum atomic E-state index is 14.1. The molecule has 0 radical (unpaired) electrons. The molecule has 188 valence electrons. The minimum atomic E-state index is -0.589. The van der Waals surface area contributed by atoms with E-state index in [9.17, 15) is 9.59 Å². The van der Waals surface area contributed by atoms with Crippen molar-refractivity contribution < 1.29 is 14.3 Å². The summed E-state index contributed by atoms with van der Waals surface area (Å²) in [5, 5.41) is 0. The fourth-order valence-corrected chi connectivity index (χ4v) is 5.39. The van der Waals surface area contributed by atoms with Gasteiger partial charge in [-0.05, 0) is 42.5 Å². The lowest BCUT2D eigenvalue weighted by atomic mass is 9.90. The van der Waals surface area contributed by atoms with Gasteiger partial charge in [-0.15, -0.1) is 0 Å². The van der Waals surface area contributed by atoms with Gasteiger partial charge in [0.05, 0.1) is 13.0 Å². The molecule has 1 fully saturated rings. The second-order valence-electron chi connectivity index (χ2n) is 9.91. The van der Waals surface area contributed by atoms with Crippen molar-refractivity contribution in [1.29, 1.82) is 0 Å². The van der Waals surface area contributed by atoms with E-state index in [2.05, 4.69) is 43.1 Å². The molecule has 0 aliphatic carbocycles. The third-order valence-corrected chi connectivity index (χ3v) is 7.20. The van der Waals surface area contributed by atoms with E-state index in [0.717, 1.165) is 24.1 Å². The minimum Gasteiger partial charge on any atom is -0.467 e. The molecule has 1 aliphatic rings. The van der Waals surface area contributed by atoms with Gasteiger partial charge in [0, 0.05) is 19.1 Å². The van der Waals surface area contributed by atoms with E-state index in [-0.39, 0.29) is 17.9 Å². The van der Waals surface area contributed by atoms with Crippen molar-refractivity contribution in [3.63, 3.8) is 0 Å². The van der Waals surface area contributed by atoms with Gasteiger partial charge in [-0.2, -0.15) is 0 Å². The first kappa shape index (κ1) is 25.6. The summed E-state index contributed by atoms with van der Waals surface area (Å²) in [6.07, 6.45) is 1.56. The summed E-state index contributed by atoms with van der Waals surface area (Å²) in [6, 6.07) is 29.6. The van der Waals surface area contributed by atoms with E-state index in [4.69, 9.17) is 4.74 Å². The molecule has 1 heterocycles. The zero-order valence-electron chi connectivity index (χ0n) is 21.4. The van der Waals surface area contributed by atoms with Crippen LogP contribution in [0.2, 0.25) is 0 Å². The van der Waals surface area contributed by atoms with Gasteiger partial charge in [0.2, 0.25) is 5.91 Å². The Kier molecular flexibility index (Phi) is 8.55. The Bertz CT molecular complexity index is 1080. The zero-order valence-corrected chi connectivity index (χ0v) is 21.4. The third-order valence-electron chi connectivity index (χ3n) is 7.20. The van der Waals surface area contributed by atoms with Crippen LogP contribution in [-0.2, 0) is 20.7 Å². The predicted molar refractivity (Wildman–Crippen MR) is 143 cm³/mol. The standard InChI is InChI=1S/C31H36N2O3/c1-23(19-24-13-7-4-8-14-24)21-32(2)27-20-28(31(35)36-3)33(22-27)30(34)29(25-15-9-5-10-16-25)26-17-11-6-12-18-26/h4-18,23,27-29H,19-22H2,1-3H3/t23?,27-,28-/m0/s1. The SMILES string of the molecule is COC(=O)[C@@H]1C[C@H](N(C)CC(C)Cc2ccccc2)CN1C(=O)C(c1ccccc1)c1ccccc1. The average molecular weight is 485 g/mol. The van der Waals surface area contributed by atoms with Crippen LogP contribution in [0.25, 0.3) is 0 Å². The van der Waals surface area contributed by atoms with Crippen molar-refractivity contribution >= 4 is 11.9 Å². The molecule has 1 unspecified atom stereocenters. The maximum absolute atomic E-state index is 14.1. The molecule has 5 heteroatoms. The summed E-state index contributed by atoms with van der Waals surface area (Å²) in [6.45, 7) is 3.64. The summed E-state index contributed by atoms with van der Waals surface area (Å²) >= 11 is 0. The molecule has 0 N–H and O–H groups in total.